The molecule has 1 rings (SSSR count). The molecule has 1 N–H and O–H groups in total. The zero-order valence-electron chi connectivity index (χ0n) is 9.62. The second kappa shape index (κ2) is 6.84. The second-order valence-corrected chi connectivity index (χ2v) is 4.59. The summed E-state index contributed by atoms with van der Waals surface area (Å²) in [4.78, 5) is 12.5. The summed E-state index contributed by atoms with van der Waals surface area (Å²) in [6.45, 7) is 3.93. The molecule has 0 fully saturated rings. The minimum atomic E-state index is -0.786. The number of hydrogen-bond acceptors (Lipinski definition) is 2. The molecule has 94 valence electrons. The van der Waals surface area contributed by atoms with Gasteiger partial charge >= 0.3 is 5.97 Å². The Labute approximate surface area is 111 Å². The van der Waals surface area contributed by atoms with Crippen LogP contribution in [-0.4, -0.2) is 29.1 Å². The summed E-state index contributed by atoms with van der Waals surface area (Å²) in [5, 5.41) is 9.87. The van der Waals surface area contributed by atoms with E-state index in [-0.39, 0.29) is 6.42 Å². The fourth-order valence-corrected chi connectivity index (χ4v) is 1.96. The Hall–Kier alpha value is -0.770. The molecule has 5 heteroatoms. The van der Waals surface area contributed by atoms with Crippen molar-refractivity contribution in [1.82, 2.24) is 4.90 Å². The van der Waals surface area contributed by atoms with Crippen LogP contribution in [0.15, 0.2) is 18.2 Å². The molecule has 3 nitrogen and oxygen atoms in total. The van der Waals surface area contributed by atoms with E-state index in [4.69, 9.17) is 28.3 Å². The quantitative estimate of drug-likeness (QED) is 0.866. The van der Waals surface area contributed by atoms with Gasteiger partial charge in [-0.1, -0.05) is 36.2 Å². The van der Waals surface area contributed by atoms with Gasteiger partial charge in [0.2, 0.25) is 0 Å². The molecule has 0 spiro atoms. The van der Waals surface area contributed by atoms with Crippen LogP contribution in [0.1, 0.15) is 18.9 Å². The number of halogens is 2. The van der Waals surface area contributed by atoms with Gasteiger partial charge < -0.3 is 5.11 Å². The van der Waals surface area contributed by atoms with Crippen molar-refractivity contribution < 1.29 is 9.90 Å². The van der Waals surface area contributed by atoms with Crippen LogP contribution in [0.2, 0.25) is 10.0 Å². The van der Waals surface area contributed by atoms with E-state index in [1.165, 1.54) is 0 Å². The molecule has 0 amide bonds. The van der Waals surface area contributed by atoms with Crippen molar-refractivity contribution in [3.05, 3.63) is 33.8 Å². The first-order chi connectivity index (χ1) is 8.02. The number of rotatable bonds is 6. The smallest absolute Gasteiger partial charge is 0.304 e. The molecule has 0 radical (unpaired) electrons. The molecule has 0 aliphatic heterocycles. The van der Waals surface area contributed by atoms with Crippen LogP contribution in [0, 0.1) is 0 Å². The van der Waals surface area contributed by atoms with Crippen molar-refractivity contribution >= 4 is 29.2 Å². The summed E-state index contributed by atoms with van der Waals surface area (Å²) in [6.07, 6.45) is 0.138. The van der Waals surface area contributed by atoms with E-state index in [0.717, 1.165) is 12.1 Å². The molecule has 1 aromatic rings. The number of carboxylic acids is 1. The number of benzene rings is 1. The third-order valence-electron chi connectivity index (χ3n) is 2.50. The Morgan fingerprint density at radius 2 is 2.12 bits per heavy atom. The van der Waals surface area contributed by atoms with Gasteiger partial charge in [0.1, 0.15) is 0 Å². The molecule has 17 heavy (non-hydrogen) atoms. The number of hydrogen-bond donors (Lipinski definition) is 1. The van der Waals surface area contributed by atoms with Gasteiger partial charge in [0.15, 0.2) is 0 Å². The fourth-order valence-electron chi connectivity index (χ4n) is 1.49. The Morgan fingerprint density at radius 1 is 1.41 bits per heavy atom. The average molecular weight is 276 g/mol. The predicted octanol–water partition coefficient (Wildman–Crippen LogP) is 3.29. The van der Waals surface area contributed by atoms with Gasteiger partial charge in [-0.3, -0.25) is 9.69 Å². The highest BCUT2D eigenvalue weighted by atomic mass is 35.5. The summed E-state index contributed by atoms with van der Waals surface area (Å²) >= 11 is 11.9. The number of nitrogens with zero attached hydrogens (tertiary/aromatic N) is 1. The Balaban J connectivity index is 2.63. The van der Waals surface area contributed by atoms with Crippen molar-refractivity contribution in [2.45, 2.75) is 19.9 Å². The lowest BCUT2D eigenvalue weighted by atomic mass is 10.2. The minimum absolute atomic E-state index is 0.138. The first-order valence-corrected chi connectivity index (χ1v) is 6.16. The molecule has 0 heterocycles. The van der Waals surface area contributed by atoms with Crippen LogP contribution in [0.5, 0.6) is 0 Å². The van der Waals surface area contributed by atoms with Crippen LogP contribution in [0.3, 0.4) is 0 Å². The standard InChI is InChI=1S/C12H15Cl2NO2/c1-2-15(6-5-12(16)17)8-9-3-4-10(13)7-11(9)14/h3-4,7H,2,5-6,8H2,1H3,(H,16,17). The molecular weight excluding hydrogens is 261 g/mol. The van der Waals surface area contributed by atoms with Crippen molar-refractivity contribution in [3.63, 3.8) is 0 Å². The first-order valence-electron chi connectivity index (χ1n) is 5.41. The van der Waals surface area contributed by atoms with E-state index < -0.39 is 5.97 Å². The summed E-state index contributed by atoms with van der Waals surface area (Å²) in [5.41, 5.74) is 0.961. The van der Waals surface area contributed by atoms with Gasteiger partial charge in [0, 0.05) is 23.1 Å². The minimum Gasteiger partial charge on any atom is -0.481 e. The van der Waals surface area contributed by atoms with Gasteiger partial charge in [-0.2, -0.15) is 0 Å². The average Bonchev–Trinajstić information content (AvgIpc) is 2.26. The molecule has 0 aromatic heterocycles. The van der Waals surface area contributed by atoms with E-state index in [9.17, 15) is 4.79 Å². The van der Waals surface area contributed by atoms with E-state index in [1.807, 2.05) is 17.9 Å². The zero-order chi connectivity index (χ0) is 12.8. The maximum Gasteiger partial charge on any atom is 0.304 e. The van der Waals surface area contributed by atoms with Crippen LogP contribution >= 0.6 is 23.2 Å². The first kappa shape index (κ1) is 14.3. The molecule has 0 aliphatic rings. The monoisotopic (exact) mass is 275 g/mol. The lowest BCUT2D eigenvalue weighted by Crippen LogP contribution is -2.25. The van der Waals surface area contributed by atoms with Crippen molar-refractivity contribution in [3.8, 4) is 0 Å². The van der Waals surface area contributed by atoms with Crippen LogP contribution < -0.4 is 0 Å². The van der Waals surface area contributed by atoms with Gasteiger partial charge in [-0.25, -0.2) is 0 Å². The van der Waals surface area contributed by atoms with Gasteiger partial charge in [0.25, 0.3) is 0 Å². The van der Waals surface area contributed by atoms with Crippen molar-refractivity contribution in [2.24, 2.45) is 0 Å². The van der Waals surface area contributed by atoms with Gasteiger partial charge in [-0.15, -0.1) is 0 Å². The molecule has 1 aromatic carbocycles. The topological polar surface area (TPSA) is 40.5 Å². The highest BCUT2D eigenvalue weighted by Gasteiger charge is 2.09. The van der Waals surface area contributed by atoms with Gasteiger partial charge in [-0.05, 0) is 24.2 Å². The fraction of sp³-hybridized carbons (Fsp3) is 0.417. The molecule has 0 atom stereocenters. The summed E-state index contributed by atoms with van der Waals surface area (Å²) in [5.74, 6) is -0.786. The Bertz CT molecular complexity index is 396. The number of carbonyl (C=O) groups is 1. The zero-order valence-corrected chi connectivity index (χ0v) is 11.1. The summed E-state index contributed by atoms with van der Waals surface area (Å²) < 4.78 is 0. The summed E-state index contributed by atoms with van der Waals surface area (Å²) in [7, 11) is 0. The highest BCUT2D eigenvalue weighted by molar-refractivity contribution is 6.35. The largest absolute Gasteiger partial charge is 0.481 e. The van der Waals surface area contributed by atoms with E-state index in [1.54, 1.807) is 12.1 Å². The van der Waals surface area contributed by atoms with Crippen LogP contribution in [0.25, 0.3) is 0 Å². The summed E-state index contributed by atoms with van der Waals surface area (Å²) in [6, 6.07) is 5.35. The van der Waals surface area contributed by atoms with Gasteiger partial charge in [0.05, 0.1) is 6.42 Å². The maximum atomic E-state index is 10.5. The normalized spacial score (nSPS) is 10.8. The lowest BCUT2D eigenvalue weighted by Gasteiger charge is -2.20. The number of aliphatic carboxylic acids is 1. The van der Waals surface area contributed by atoms with E-state index in [2.05, 4.69) is 0 Å². The van der Waals surface area contributed by atoms with Crippen molar-refractivity contribution in [2.75, 3.05) is 13.1 Å². The molecular formula is C12H15Cl2NO2. The Kier molecular flexibility index (Phi) is 5.75. The molecule has 0 saturated carbocycles. The third kappa shape index (κ3) is 4.94. The van der Waals surface area contributed by atoms with E-state index >= 15 is 0 Å². The number of carboxylic acid groups (broad SMARTS) is 1. The van der Waals surface area contributed by atoms with Crippen molar-refractivity contribution in [1.29, 1.82) is 0 Å². The maximum absolute atomic E-state index is 10.5. The van der Waals surface area contributed by atoms with Crippen LogP contribution in [0.4, 0.5) is 0 Å². The predicted molar refractivity (Wildman–Crippen MR) is 69.7 cm³/mol. The molecule has 0 aliphatic carbocycles. The lowest BCUT2D eigenvalue weighted by molar-refractivity contribution is -0.137. The third-order valence-corrected chi connectivity index (χ3v) is 3.09. The van der Waals surface area contributed by atoms with Crippen LogP contribution in [-0.2, 0) is 11.3 Å². The highest BCUT2D eigenvalue weighted by Crippen LogP contribution is 2.22. The second-order valence-electron chi connectivity index (χ2n) is 3.75. The SMILES string of the molecule is CCN(CCC(=O)O)Cc1ccc(Cl)cc1Cl. The molecule has 0 bridgehead atoms. The molecule has 0 unspecified atom stereocenters. The van der Waals surface area contributed by atoms with E-state index in [0.29, 0.717) is 23.1 Å². The molecule has 0 saturated heterocycles. The Morgan fingerprint density at radius 3 is 2.65 bits per heavy atom.